The third-order valence-corrected chi connectivity index (χ3v) is 5.76. The predicted molar refractivity (Wildman–Crippen MR) is 109 cm³/mol. The molecular weight excluding hydrogens is 354 g/mol. The first-order valence-electron chi connectivity index (χ1n) is 9.58. The van der Waals surface area contributed by atoms with Crippen LogP contribution in [0.25, 0.3) is 33.3 Å². The highest BCUT2D eigenvalue weighted by Crippen LogP contribution is 2.39. The van der Waals surface area contributed by atoms with E-state index in [1.807, 2.05) is 24.3 Å². The van der Waals surface area contributed by atoms with E-state index in [9.17, 15) is 0 Å². The zero-order valence-electron chi connectivity index (χ0n) is 15.8. The molecule has 1 aliphatic carbocycles. The number of methoxy groups -OCH3 is 1. The summed E-state index contributed by atoms with van der Waals surface area (Å²) in [7, 11) is 1.66. The van der Waals surface area contributed by atoms with Gasteiger partial charge in [0.05, 0.1) is 12.5 Å². The van der Waals surface area contributed by atoms with Crippen molar-refractivity contribution in [2.75, 3.05) is 12.8 Å². The maximum atomic E-state index is 6.25. The first-order valence-corrected chi connectivity index (χ1v) is 9.58. The summed E-state index contributed by atoms with van der Waals surface area (Å²) in [5, 5.41) is 1.82. The molecule has 1 fully saturated rings. The molecule has 7 heteroatoms. The van der Waals surface area contributed by atoms with Crippen molar-refractivity contribution in [3.63, 3.8) is 0 Å². The van der Waals surface area contributed by atoms with Crippen molar-refractivity contribution in [1.29, 1.82) is 0 Å². The fourth-order valence-electron chi connectivity index (χ4n) is 4.23. The standard InChI is InChI=1S/C21H23N5O2/c1-27-15-6-7-17-12(8-15)9-18(28-17)16-10-26(14-4-2-13(22)3-5-14)21-19(16)20(23)24-11-25-21/h6-11,13-14H,2-5,22H2,1H3,(H2,23,24,25). The van der Waals surface area contributed by atoms with E-state index >= 15 is 0 Å². The average molecular weight is 377 g/mol. The summed E-state index contributed by atoms with van der Waals surface area (Å²) in [5.41, 5.74) is 14.9. The summed E-state index contributed by atoms with van der Waals surface area (Å²) in [6.45, 7) is 0. The highest BCUT2D eigenvalue weighted by molar-refractivity contribution is 6.01. The molecule has 1 aliphatic rings. The Morgan fingerprint density at radius 1 is 1.14 bits per heavy atom. The van der Waals surface area contributed by atoms with Crippen LogP contribution in [-0.4, -0.2) is 27.7 Å². The van der Waals surface area contributed by atoms with Gasteiger partial charge in [-0.3, -0.25) is 0 Å². The number of hydrogen-bond donors (Lipinski definition) is 2. The van der Waals surface area contributed by atoms with Gasteiger partial charge in [0.1, 0.15) is 34.9 Å². The Balaban J connectivity index is 1.67. The van der Waals surface area contributed by atoms with Crippen LogP contribution in [0.4, 0.5) is 5.82 Å². The van der Waals surface area contributed by atoms with Gasteiger partial charge in [-0.2, -0.15) is 0 Å². The minimum atomic E-state index is 0.294. The highest BCUT2D eigenvalue weighted by Gasteiger charge is 2.25. The summed E-state index contributed by atoms with van der Waals surface area (Å²) in [6.07, 6.45) is 7.73. The zero-order valence-corrected chi connectivity index (χ0v) is 15.8. The third kappa shape index (κ3) is 2.70. The number of nitrogens with zero attached hydrogens (tertiary/aromatic N) is 3. The number of anilines is 1. The molecule has 7 nitrogen and oxygen atoms in total. The molecule has 0 saturated heterocycles. The van der Waals surface area contributed by atoms with Crippen molar-refractivity contribution in [3.8, 4) is 17.1 Å². The molecule has 0 bridgehead atoms. The number of nitrogen functional groups attached to an aromatic ring is 1. The van der Waals surface area contributed by atoms with Crippen LogP contribution < -0.4 is 16.2 Å². The largest absolute Gasteiger partial charge is 0.497 e. The van der Waals surface area contributed by atoms with Gasteiger partial charge in [0.2, 0.25) is 0 Å². The maximum absolute atomic E-state index is 6.25. The molecule has 5 rings (SSSR count). The van der Waals surface area contributed by atoms with E-state index in [-0.39, 0.29) is 0 Å². The van der Waals surface area contributed by atoms with Crippen molar-refractivity contribution >= 4 is 27.8 Å². The summed E-state index contributed by atoms with van der Waals surface area (Å²) in [6, 6.07) is 8.43. The van der Waals surface area contributed by atoms with Crippen molar-refractivity contribution < 1.29 is 9.15 Å². The van der Waals surface area contributed by atoms with Crippen LogP contribution in [0.5, 0.6) is 5.75 Å². The smallest absolute Gasteiger partial charge is 0.146 e. The molecule has 0 aliphatic heterocycles. The Hall–Kier alpha value is -3.06. The number of hydrogen-bond acceptors (Lipinski definition) is 6. The average Bonchev–Trinajstić information content (AvgIpc) is 3.30. The SMILES string of the molecule is COc1ccc2oc(-c3cn(C4CCC(N)CC4)c4ncnc(N)c34)cc2c1. The monoisotopic (exact) mass is 377 g/mol. The molecule has 144 valence electrons. The van der Waals surface area contributed by atoms with Crippen LogP contribution in [0, 0.1) is 0 Å². The summed E-state index contributed by atoms with van der Waals surface area (Å²) < 4.78 is 13.7. The van der Waals surface area contributed by atoms with Gasteiger partial charge in [-0.15, -0.1) is 0 Å². The van der Waals surface area contributed by atoms with Crippen molar-refractivity contribution in [3.05, 3.63) is 36.8 Å². The van der Waals surface area contributed by atoms with E-state index in [4.69, 9.17) is 20.6 Å². The highest BCUT2D eigenvalue weighted by atomic mass is 16.5. The molecule has 4 aromatic rings. The van der Waals surface area contributed by atoms with E-state index in [1.54, 1.807) is 7.11 Å². The van der Waals surface area contributed by atoms with Gasteiger partial charge in [-0.05, 0) is 49.9 Å². The van der Waals surface area contributed by atoms with Crippen LogP contribution in [0.2, 0.25) is 0 Å². The van der Waals surface area contributed by atoms with E-state index < -0.39 is 0 Å². The lowest BCUT2D eigenvalue weighted by atomic mass is 9.92. The summed E-state index contributed by atoms with van der Waals surface area (Å²) >= 11 is 0. The van der Waals surface area contributed by atoms with Crippen LogP contribution in [0.15, 0.2) is 41.2 Å². The second-order valence-corrected chi connectivity index (χ2v) is 7.49. The molecular formula is C21H23N5O2. The maximum Gasteiger partial charge on any atom is 0.146 e. The number of aromatic nitrogens is 3. The van der Waals surface area contributed by atoms with E-state index in [0.717, 1.165) is 64.8 Å². The van der Waals surface area contributed by atoms with E-state index in [2.05, 4.69) is 20.7 Å². The number of ether oxygens (including phenoxy) is 1. The van der Waals surface area contributed by atoms with Gasteiger partial charge in [-0.1, -0.05) is 0 Å². The molecule has 0 amide bonds. The molecule has 4 N–H and O–H groups in total. The molecule has 1 aromatic carbocycles. The Morgan fingerprint density at radius 3 is 2.75 bits per heavy atom. The van der Waals surface area contributed by atoms with Crippen molar-refractivity contribution in [2.24, 2.45) is 5.73 Å². The molecule has 0 radical (unpaired) electrons. The van der Waals surface area contributed by atoms with Gasteiger partial charge < -0.3 is 25.2 Å². The molecule has 3 heterocycles. The quantitative estimate of drug-likeness (QED) is 0.561. The molecule has 0 spiro atoms. The fourth-order valence-corrected chi connectivity index (χ4v) is 4.23. The number of rotatable bonds is 3. The van der Waals surface area contributed by atoms with Gasteiger partial charge in [-0.25, -0.2) is 9.97 Å². The van der Waals surface area contributed by atoms with Crippen LogP contribution >= 0.6 is 0 Å². The van der Waals surface area contributed by atoms with Crippen LogP contribution in [0.3, 0.4) is 0 Å². The summed E-state index contributed by atoms with van der Waals surface area (Å²) in [5.74, 6) is 2.01. The first kappa shape index (κ1) is 17.1. The zero-order chi connectivity index (χ0) is 19.3. The second kappa shape index (κ2) is 6.53. The van der Waals surface area contributed by atoms with Gasteiger partial charge >= 0.3 is 0 Å². The summed E-state index contributed by atoms with van der Waals surface area (Å²) in [4.78, 5) is 8.76. The van der Waals surface area contributed by atoms with Crippen LogP contribution in [0.1, 0.15) is 31.7 Å². The minimum Gasteiger partial charge on any atom is -0.497 e. The first-order chi connectivity index (χ1) is 13.6. The van der Waals surface area contributed by atoms with Crippen molar-refractivity contribution in [1.82, 2.24) is 14.5 Å². The lowest BCUT2D eigenvalue weighted by molar-refractivity contribution is 0.329. The minimum absolute atomic E-state index is 0.294. The second-order valence-electron chi connectivity index (χ2n) is 7.49. The third-order valence-electron chi connectivity index (χ3n) is 5.76. The Morgan fingerprint density at radius 2 is 1.96 bits per heavy atom. The number of nitrogens with two attached hydrogens (primary N) is 2. The van der Waals surface area contributed by atoms with E-state index in [0.29, 0.717) is 17.9 Å². The van der Waals surface area contributed by atoms with Crippen molar-refractivity contribution in [2.45, 2.75) is 37.8 Å². The normalized spacial score (nSPS) is 20.1. The van der Waals surface area contributed by atoms with Gasteiger partial charge in [0.25, 0.3) is 0 Å². The molecule has 0 unspecified atom stereocenters. The number of fused-ring (bicyclic) bond motifs is 2. The lowest BCUT2D eigenvalue weighted by Gasteiger charge is -2.27. The molecule has 28 heavy (non-hydrogen) atoms. The Bertz CT molecular complexity index is 1150. The Labute approximate surface area is 162 Å². The van der Waals surface area contributed by atoms with Gasteiger partial charge in [0, 0.05) is 29.2 Å². The predicted octanol–water partition coefficient (Wildman–Crippen LogP) is 3.88. The number of benzene rings is 1. The molecule has 1 saturated carbocycles. The fraction of sp³-hybridized carbons (Fsp3) is 0.333. The molecule has 0 atom stereocenters. The van der Waals surface area contributed by atoms with E-state index in [1.165, 1.54) is 6.33 Å². The number of furan rings is 1. The topological polar surface area (TPSA) is 105 Å². The Kier molecular flexibility index (Phi) is 3.98. The van der Waals surface area contributed by atoms with Gasteiger partial charge in [0.15, 0.2) is 0 Å². The van der Waals surface area contributed by atoms with Crippen LogP contribution in [-0.2, 0) is 0 Å². The lowest BCUT2D eigenvalue weighted by Crippen LogP contribution is -2.27. The molecule has 3 aromatic heterocycles.